The Bertz CT molecular complexity index is 1150. The summed E-state index contributed by atoms with van der Waals surface area (Å²) in [5, 5.41) is 17.6. The van der Waals surface area contributed by atoms with E-state index in [1.54, 1.807) is 24.3 Å². The van der Waals surface area contributed by atoms with Gasteiger partial charge in [-0.05, 0) is 42.7 Å². The number of carbonyl (C=O) groups excluding carboxylic acids is 1. The summed E-state index contributed by atoms with van der Waals surface area (Å²) < 4.78 is 19.0. The van der Waals surface area contributed by atoms with Crippen molar-refractivity contribution in [3.63, 3.8) is 0 Å². The minimum Gasteiger partial charge on any atom is -0.508 e. The summed E-state index contributed by atoms with van der Waals surface area (Å²) in [6, 6.07) is 13.3. The Morgan fingerprint density at radius 3 is 2.66 bits per heavy atom. The number of fused-ring (bicyclic) bond motifs is 1. The molecule has 2 aliphatic rings. The van der Waals surface area contributed by atoms with Gasteiger partial charge >= 0.3 is 0 Å². The molecule has 29 heavy (non-hydrogen) atoms. The molecule has 2 aromatic carbocycles. The Labute approximate surface area is 166 Å². The first kappa shape index (κ1) is 17.7. The summed E-state index contributed by atoms with van der Waals surface area (Å²) in [7, 11) is 0. The number of Topliss-reactive ketones (excluding diaryl/α,β-unsaturated/α-hetero) is 1. The lowest BCUT2D eigenvalue weighted by atomic mass is 9.72. The quantitative estimate of drug-likeness (QED) is 0.658. The maximum absolute atomic E-state index is 13.5. The minimum atomic E-state index is -0.356. The first-order chi connectivity index (χ1) is 14.0. The number of ketones is 1. The third-order valence-corrected chi connectivity index (χ3v) is 5.84. The Morgan fingerprint density at radius 1 is 1.14 bits per heavy atom. The first-order valence-corrected chi connectivity index (χ1v) is 9.55. The van der Waals surface area contributed by atoms with Crippen LogP contribution < -0.4 is 5.32 Å². The van der Waals surface area contributed by atoms with Crippen LogP contribution in [-0.2, 0) is 4.79 Å². The molecule has 1 aliphatic heterocycles. The van der Waals surface area contributed by atoms with Crippen molar-refractivity contribution < 1.29 is 18.8 Å². The SMILES string of the molecule is Cc1noc2c1[C@H](c1ccc(F)cc1)C1=C(C[C@H](c3ccccc3O)CC1=O)N2. The van der Waals surface area contributed by atoms with Gasteiger partial charge in [0.05, 0.1) is 11.3 Å². The molecule has 5 nitrogen and oxygen atoms in total. The molecule has 2 atom stereocenters. The Balaban J connectivity index is 1.63. The molecule has 0 fully saturated rings. The van der Waals surface area contributed by atoms with Crippen LogP contribution in [0.3, 0.4) is 0 Å². The number of allylic oxidation sites excluding steroid dienone is 2. The van der Waals surface area contributed by atoms with E-state index in [0.29, 0.717) is 30.0 Å². The standard InChI is InChI=1S/C23H19FN2O3/c1-12-20-21(13-6-8-15(24)9-7-13)22-17(25-23(20)29-26-12)10-14(11-19(22)28)16-4-2-3-5-18(16)27/h2-9,14,21,25,27H,10-11H2,1H3/t14-,21-/m0/s1. The van der Waals surface area contributed by atoms with Gasteiger partial charge in [0.25, 0.3) is 0 Å². The van der Waals surface area contributed by atoms with E-state index in [0.717, 1.165) is 22.4 Å². The van der Waals surface area contributed by atoms with Crippen LogP contribution in [0.4, 0.5) is 10.3 Å². The molecule has 0 saturated carbocycles. The fourth-order valence-electron chi connectivity index (χ4n) is 4.51. The summed E-state index contributed by atoms with van der Waals surface area (Å²) in [6.45, 7) is 1.84. The van der Waals surface area contributed by atoms with Crippen LogP contribution in [0.1, 0.15) is 47.1 Å². The summed E-state index contributed by atoms with van der Waals surface area (Å²) in [5.41, 5.74) is 4.53. The van der Waals surface area contributed by atoms with Gasteiger partial charge in [0.2, 0.25) is 5.88 Å². The fourth-order valence-corrected chi connectivity index (χ4v) is 4.51. The number of hydrogen-bond donors (Lipinski definition) is 2. The second kappa shape index (κ2) is 6.58. The third kappa shape index (κ3) is 2.83. The first-order valence-electron chi connectivity index (χ1n) is 9.55. The monoisotopic (exact) mass is 390 g/mol. The highest BCUT2D eigenvalue weighted by Crippen LogP contribution is 2.49. The van der Waals surface area contributed by atoms with Gasteiger partial charge in [-0.1, -0.05) is 35.5 Å². The molecule has 1 aromatic heterocycles. The van der Waals surface area contributed by atoms with Crippen molar-refractivity contribution in [2.75, 3.05) is 5.32 Å². The molecule has 0 saturated heterocycles. The number of aromatic nitrogens is 1. The molecular formula is C23H19FN2O3. The van der Waals surface area contributed by atoms with Crippen LogP contribution in [0, 0.1) is 12.7 Å². The summed E-state index contributed by atoms with van der Waals surface area (Å²) >= 11 is 0. The molecule has 0 amide bonds. The third-order valence-electron chi connectivity index (χ3n) is 5.84. The number of aryl methyl sites for hydroxylation is 1. The number of rotatable bonds is 2. The number of halogens is 1. The van der Waals surface area contributed by atoms with E-state index in [2.05, 4.69) is 10.5 Å². The lowest BCUT2D eigenvalue weighted by molar-refractivity contribution is -0.116. The van der Waals surface area contributed by atoms with Crippen molar-refractivity contribution in [2.24, 2.45) is 0 Å². The van der Waals surface area contributed by atoms with Crippen LogP contribution in [-0.4, -0.2) is 16.0 Å². The predicted octanol–water partition coefficient (Wildman–Crippen LogP) is 4.79. The topological polar surface area (TPSA) is 75.4 Å². The number of phenolic OH excluding ortho intramolecular Hbond substituents is 1. The van der Waals surface area contributed by atoms with Gasteiger partial charge in [-0.3, -0.25) is 4.79 Å². The largest absolute Gasteiger partial charge is 0.508 e. The van der Waals surface area contributed by atoms with Gasteiger partial charge in [-0.2, -0.15) is 0 Å². The second-order valence-electron chi connectivity index (χ2n) is 7.60. The highest BCUT2D eigenvalue weighted by atomic mass is 19.1. The number of hydrogen-bond acceptors (Lipinski definition) is 5. The molecule has 2 N–H and O–H groups in total. The van der Waals surface area contributed by atoms with Crippen molar-refractivity contribution in [2.45, 2.75) is 31.6 Å². The van der Waals surface area contributed by atoms with Gasteiger partial charge in [0, 0.05) is 29.5 Å². The zero-order valence-corrected chi connectivity index (χ0v) is 15.8. The van der Waals surface area contributed by atoms with Gasteiger partial charge in [-0.15, -0.1) is 0 Å². The molecule has 146 valence electrons. The number of phenols is 1. The number of nitrogens with zero attached hydrogens (tertiary/aromatic N) is 1. The van der Waals surface area contributed by atoms with Crippen molar-refractivity contribution >= 4 is 11.7 Å². The Morgan fingerprint density at radius 2 is 1.90 bits per heavy atom. The maximum atomic E-state index is 13.5. The average molecular weight is 390 g/mol. The number of aromatic hydroxyl groups is 1. The van der Waals surface area contributed by atoms with Crippen molar-refractivity contribution in [1.29, 1.82) is 0 Å². The van der Waals surface area contributed by atoms with Gasteiger partial charge < -0.3 is 14.9 Å². The Hall–Kier alpha value is -3.41. The maximum Gasteiger partial charge on any atom is 0.233 e. The molecular weight excluding hydrogens is 371 g/mol. The molecule has 0 spiro atoms. The molecule has 0 bridgehead atoms. The molecule has 6 heteroatoms. The van der Waals surface area contributed by atoms with E-state index in [1.165, 1.54) is 12.1 Å². The van der Waals surface area contributed by atoms with Crippen LogP contribution in [0.2, 0.25) is 0 Å². The van der Waals surface area contributed by atoms with E-state index in [1.807, 2.05) is 19.1 Å². The molecule has 0 radical (unpaired) electrons. The highest BCUT2D eigenvalue weighted by molar-refractivity contribution is 6.01. The molecule has 2 heterocycles. The van der Waals surface area contributed by atoms with Crippen LogP contribution in [0.25, 0.3) is 0 Å². The molecule has 3 aromatic rings. The second-order valence-corrected chi connectivity index (χ2v) is 7.60. The van der Waals surface area contributed by atoms with Crippen LogP contribution >= 0.6 is 0 Å². The average Bonchev–Trinajstić information content (AvgIpc) is 3.08. The number of anilines is 1. The van der Waals surface area contributed by atoms with Gasteiger partial charge in [0.1, 0.15) is 11.6 Å². The highest BCUT2D eigenvalue weighted by Gasteiger charge is 2.41. The Kier molecular flexibility index (Phi) is 4.01. The summed E-state index contributed by atoms with van der Waals surface area (Å²) in [6.07, 6.45) is 0.866. The minimum absolute atomic E-state index is 0.00702. The normalized spacial score (nSPS) is 20.8. The van der Waals surface area contributed by atoms with Crippen molar-refractivity contribution in [1.82, 2.24) is 5.16 Å². The number of benzene rings is 2. The molecule has 0 unspecified atom stereocenters. The van der Waals surface area contributed by atoms with E-state index in [4.69, 9.17) is 4.52 Å². The van der Waals surface area contributed by atoms with Gasteiger partial charge in [0.15, 0.2) is 5.78 Å². The summed E-state index contributed by atoms with van der Waals surface area (Å²) in [5.74, 6) is -0.0978. The summed E-state index contributed by atoms with van der Waals surface area (Å²) in [4.78, 5) is 13.3. The lowest BCUT2D eigenvalue weighted by Crippen LogP contribution is -2.29. The molecule has 5 rings (SSSR count). The lowest BCUT2D eigenvalue weighted by Gasteiger charge is -2.34. The number of nitrogens with one attached hydrogen (secondary N) is 1. The smallest absolute Gasteiger partial charge is 0.233 e. The predicted molar refractivity (Wildman–Crippen MR) is 105 cm³/mol. The zero-order valence-electron chi connectivity index (χ0n) is 15.8. The van der Waals surface area contributed by atoms with Crippen molar-refractivity contribution in [3.05, 3.63) is 88.0 Å². The fraction of sp³-hybridized carbons (Fsp3) is 0.217. The number of para-hydroxylation sites is 1. The zero-order chi connectivity index (χ0) is 20.1. The number of carbonyl (C=O) groups is 1. The van der Waals surface area contributed by atoms with Gasteiger partial charge in [-0.25, -0.2) is 4.39 Å². The van der Waals surface area contributed by atoms with E-state index >= 15 is 0 Å². The van der Waals surface area contributed by atoms with Crippen LogP contribution in [0.5, 0.6) is 5.75 Å². The van der Waals surface area contributed by atoms with E-state index in [-0.39, 0.29) is 29.2 Å². The van der Waals surface area contributed by atoms with E-state index in [9.17, 15) is 14.3 Å². The van der Waals surface area contributed by atoms with Crippen molar-refractivity contribution in [3.8, 4) is 5.75 Å². The molecule has 1 aliphatic carbocycles. The van der Waals surface area contributed by atoms with Crippen LogP contribution in [0.15, 0.2) is 64.3 Å². The van der Waals surface area contributed by atoms with E-state index < -0.39 is 0 Å².